The summed E-state index contributed by atoms with van der Waals surface area (Å²) in [4.78, 5) is 4.89. The normalized spacial score (nSPS) is 16.3. The van der Waals surface area contributed by atoms with Gasteiger partial charge < -0.3 is 14.5 Å². The van der Waals surface area contributed by atoms with Gasteiger partial charge in [-0.05, 0) is 44.2 Å². The van der Waals surface area contributed by atoms with Crippen LogP contribution in [0.5, 0.6) is 5.75 Å². The van der Waals surface area contributed by atoms with Gasteiger partial charge in [-0.15, -0.1) is 11.3 Å². The molecule has 3 aromatic carbocycles. The summed E-state index contributed by atoms with van der Waals surface area (Å²) in [5, 5.41) is 2.61. The first kappa shape index (κ1) is 16.5. The standard InChI is InChI=1S/C23H22N2OS/c1-4-24-15(2)25(19-11-7-6-10-18(19)24)22-20(26-3)14-13-17-16-9-5-8-12-21(16)27-23(17)22/h5-15H,4H2,1-3H3/t15-/m0/s1. The number of thiophene rings is 1. The largest absolute Gasteiger partial charge is 0.495 e. The van der Waals surface area contributed by atoms with Crippen LogP contribution in [-0.2, 0) is 0 Å². The number of rotatable bonds is 3. The topological polar surface area (TPSA) is 15.7 Å². The van der Waals surface area contributed by atoms with E-state index in [1.165, 1.54) is 37.2 Å². The Morgan fingerprint density at radius 1 is 0.926 bits per heavy atom. The predicted molar refractivity (Wildman–Crippen MR) is 117 cm³/mol. The lowest BCUT2D eigenvalue weighted by Crippen LogP contribution is -2.38. The van der Waals surface area contributed by atoms with Crippen LogP contribution >= 0.6 is 11.3 Å². The third-order valence-electron chi connectivity index (χ3n) is 5.56. The van der Waals surface area contributed by atoms with Crippen LogP contribution in [0, 0.1) is 0 Å². The molecule has 0 unspecified atom stereocenters. The van der Waals surface area contributed by atoms with E-state index in [1.54, 1.807) is 7.11 Å². The van der Waals surface area contributed by atoms with Crippen LogP contribution in [0.25, 0.3) is 20.2 Å². The number of fused-ring (bicyclic) bond motifs is 4. The molecule has 4 aromatic rings. The molecule has 136 valence electrons. The average Bonchev–Trinajstić information content (AvgIpc) is 3.21. The fourth-order valence-corrected chi connectivity index (χ4v) is 5.58. The number of hydrogen-bond acceptors (Lipinski definition) is 4. The first-order chi connectivity index (χ1) is 13.2. The Morgan fingerprint density at radius 2 is 1.67 bits per heavy atom. The molecule has 4 heteroatoms. The highest BCUT2D eigenvalue weighted by Crippen LogP contribution is 2.51. The molecule has 0 bridgehead atoms. The van der Waals surface area contributed by atoms with Gasteiger partial charge in [0.05, 0.1) is 23.2 Å². The van der Waals surface area contributed by atoms with Crippen molar-refractivity contribution in [3.63, 3.8) is 0 Å². The Morgan fingerprint density at radius 3 is 2.44 bits per heavy atom. The van der Waals surface area contributed by atoms with Crippen LogP contribution in [0.2, 0.25) is 0 Å². The second kappa shape index (κ2) is 6.17. The summed E-state index contributed by atoms with van der Waals surface area (Å²) in [6.07, 6.45) is 0.233. The van der Waals surface area contributed by atoms with Crippen molar-refractivity contribution < 1.29 is 4.74 Å². The van der Waals surface area contributed by atoms with Gasteiger partial charge in [0.15, 0.2) is 0 Å². The van der Waals surface area contributed by atoms with E-state index in [0.29, 0.717) is 0 Å². The van der Waals surface area contributed by atoms with E-state index in [2.05, 4.69) is 84.3 Å². The Kier molecular flexibility index (Phi) is 3.76. The lowest BCUT2D eigenvalue weighted by Gasteiger charge is -2.30. The molecule has 0 radical (unpaired) electrons. The van der Waals surface area contributed by atoms with Crippen molar-refractivity contribution in [2.75, 3.05) is 23.5 Å². The highest BCUT2D eigenvalue weighted by molar-refractivity contribution is 7.26. The van der Waals surface area contributed by atoms with E-state index in [9.17, 15) is 0 Å². The Bertz CT molecular complexity index is 1150. The molecular weight excluding hydrogens is 352 g/mol. The van der Waals surface area contributed by atoms with Gasteiger partial charge in [0.1, 0.15) is 17.6 Å². The van der Waals surface area contributed by atoms with Crippen LogP contribution in [0.1, 0.15) is 13.8 Å². The molecule has 1 aliphatic rings. The molecule has 27 heavy (non-hydrogen) atoms. The van der Waals surface area contributed by atoms with Crippen LogP contribution in [0.3, 0.4) is 0 Å². The van der Waals surface area contributed by atoms with Crippen molar-refractivity contribution in [3.05, 3.63) is 60.7 Å². The molecular formula is C23H22N2OS. The van der Waals surface area contributed by atoms with Crippen molar-refractivity contribution in [2.24, 2.45) is 0 Å². The maximum Gasteiger partial charge on any atom is 0.144 e. The van der Waals surface area contributed by atoms with E-state index in [4.69, 9.17) is 4.74 Å². The van der Waals surface area contributed by atoms with Crippen molar-refractivity contribution in [1.82, 2.24) is 0 Å². The zero-order chi connectivity index (χ0) is 18.5. The summed E-state index contributed by atoms with van der Waals surface area (Å²) >= 11 is 1.85. The fraction of sp³-hybridized carbons (Fsp3) is 0.217. The molecule has 0 saturated heterocycles. The van der Waals surface area contributed by atoms with Gasteiger partial charge in [0, 0.05) is 22.0 Å². The summed E-state index contributed by atoms with van der Waals surface area (Å²) in [7, 11) is 1.77. The van der Waals surface area contributed by atoms with Gasteiger partial charge in [-0.25, -0.2) is 0 Å². The van der Waals surface area contributed by atoms with Crippen LogP contribution in [-0.4, -0.2) is 19.8 Å². The molecule has 1 atom stereocenters. The lowest BCUT2D eigenvalue weighted by molar-refractivity contribution is 0.415. The van der Waals surface area contributed by atoms with Gasteiger partial charge in [-0.3, -0.25) is 0 Å². The smallest absolute Gasteiger partial charge is 0.144 e. The summed E-state index contributed by atoms with van der Waals surface area (Å²) in [6.45, 7) is 5.46. The number of nitrogens with zero attached hydrogens (tertiary/aromatic N) is 2. The Balaban J connectivity index is 1.84. The molecule has 5 rings (SSSR count). The molecule has 0 amide bonds. The SMILES string of the molecule is CCN1c2ccccc2N(c2c(OC)ccc3c2sc2ccccc23)[C@H]1C. The van der Waals surface area contributed by atoms with Crippen LogP contribution < -0.4 is 14.5 Å². The molecule has 2 heterocycles. The minimum atomic E-state index is 0.233. The summed E-state index contributed by atoms with van der Waals surface area (Å²) < 4.78 is 8.44. The van der Waals surface area contributed by atoms with E-state index in [-0.39, 0.29) is 6.17 Å². The quantitative estimate of drug-likeness (QED) is 0.413. The van der Waals surface area contributed by atoms with Crippen LogP contribution in [0.15, 0.2) is 60.7 Å². The minimum absolute atomic E-state index is 0.233. The lowest BCUT2D eigenvalue weighted by atomic mass is 10.1. The molecule has 1 aromatic heterocycles. The number of methoxy groups -OCH3 is 1. The average molecular weight is 375 g/mol. The molecule has 3 nitrogen and oxygen atoms in total. The van der Waals surface area contributed by atoms with Gasteiger partial charge in [-0.2, -0.15) is 0 Å². The van der Waals surface area contributed by atoms with E-state index in [0.717, 1.165) is 12.3 Å². The molecule has 0 spiro atoms. The predicted octanol–water partition coefficient (Wildman–Crippen LogP) is 6.39. The molecule has 0 N–H and O–H groups in total. The second-order valence-electron chi connectivity index (χ2n) is 6.87. The van der Waals surface area contributed by atoms with E-state index >= 15 is 0 Å². The molecule has 0 aliphatic carbocycles. The Hall–Kier alpha value is -2.72. The maximum absolute atomic E-state index is 5.84. The minimum Gasteiger partial charge on any atom is -0.495 e. The molecule has 0 saturated carbocycles. The molecule has 1 aliphatic heterocycles. The first-order valence-corrected chi connectivity index (χ1v) is 10.2. The first-order valence-electron chi connectivity index (χ1n) is 9.37. The van der Waals surface area contributed by atoms with Crippen molar-refractivity contribution in [3.8, 4) is 5.75 Å². The van der Waals surface area contributed by atoms with Gasteiger partial charge in [-0.1, -0.05) is 30.3 Å². The zero-order valence-corrected chi connectivity index (χ0v) is 16.6. The molecule has 0 fully saturated rings. The highest BCUT2D eigenvalue weighted by atomic mass is 32.1. The summed E-state index contributed by atoms with van der Waals surface area (Å²) in [6, 6.07) is 21.6. The van der Waals surface area contributed by atoms with Crippen LogP contribution in [0.4, 0.5) is 17.1 Å². The highest BCUT2D eigenvalue weighted by Gasteiger charge is 2.35. The third-order valence-corrected chi connectivity index (χ3v) is 6.75. The maximum atomic E-state index is 5.84. The summed E-state index contributed by atoms with van der Waals surface area (Å²) in [5.41, 5.74) is 3.70. The van der Waals surface area contributed by atoms with Gasteiger partial charge in [0.2, 0.25) is 0 Å². The second-order valence-corrected chi connectivity index (χ2v) is 7.92. The number of hydrogen-bond donors (Lipinski definition) is 0. The number of ether oxygens (including phenoxy) is 1. The number of benzene rings is 3. The summed E-state index contributed by atoms with van der Waals surface area (Å²) in [5.74, 6) is 0.925. The van der Waals surface area contributed by atoms with Crippen molar-refractivity contribution >= 4 is 48.6 Å². The van der Waals surface area contributed by atoms with Crippen molar-refractivity contribution in [1.29, 1.82) is 0 Å². The number of anilines is 3. The third kappa shape index (κ3) is 2.26. The van der Waals surface area contributed by atoms with E-state index in [1.807, 2.05) is 11.3 Å². The van der Waals surface area contributed by atoms with Crippen molar-refractivity contribution in [2.45, 2.75) is 20.0 Å². The van der Waals surface area contributed by atoms with Gasteiger partial charge in [0.25, 0.3) is 0 Å². The zero-order valence-electron chi connectivity index (χ0n) is 15.8. The van der Waals surface area contributed by atoms with Gasteiger partial charge >= 0.3 is 0 Å². The Labute approximate surface area is 163 Å². The van der Waals surface area contributed by atoms with E-state index < -0.39 is 0 Å². The fourth-order valence-electron chi connectivity index (χ4n) is 4.34. The monoisotopic (exact) mass is 374 g/mol. The number of para-hydroxylation sites is 2.